The van der Waals surface area contributed by atoms with Gasteiger partial charge in [0.1, 0.15) is 0 Å². The molecular formula is C14H14ClN3O. The molecule has 1 aromatic heterocycles. The van der Waals surface area contributed by atoms with E-state index in [1.807, 2.05) is 18.2 Å². The van der Waals surface area contributed by atoms with Crippen LogP contribution in [0.1, 0.15) is 15.9 Å². The Morgan fingerprint density at radius 3 is 2.79 bits per heavy atom. The van der Waals surface area contributed by atoms with Gasteiger partial charge in [-0.3, -0.25) is 4.79 Å². The normalized spacial score (nSPS) is 10.2. The first kappa shape index (κ1) is 13.5. The van der Waals surface area contributed by atoms with Crippen molar-refractivity contribution in [3.8, 4) is 0 Å². The molecule has 0 fully saturated rings. The van der Waals surface area contributed by atoms with E-state index in [4.69, 9.17) is 17.3 Å². The van der Waals surface area contributed by atoms with Crippen molar-refractivity contribution in [1.82, 2.24) is 4.98 Å². The third kappa shape index (κ3) is 3.30. The number of anilines is 1. The molecule has 0 saturated carbocycles. The third-order valence-electron chi connectivity index (χ3n) is 2.67. The monoisotopic (exact) mass is 275 g/mol. The van der Waals surface area contributed by atoms with E-state index in [-0.39, 0.29) is 5.91 Å². The first-order valence-corrected chi connectivity index (χ1v) is 6.30. The number of carbonyl (C=O) groups excluding carboxylic acids is 1. The quantitative estimate of drug-likeness (QED) is 0.901. The van der Waals surface area contributed by atoms with Gasteiger partial charge in [-0.2, -0.15) is 0 Å². The summed E-state index contributed by atoms with van der Waals surface area (Å²) in [5, 5.41) is 3.11. The minimum absolute atomic E-state index is 0.232. The van der Waals surface area contributed by atoms with Crippen molar-refractivity contribution in [2.45, 2.75) is 6.42 Å². The summed E-state index contributed by atoms with van der Waals surface area (Å²) in [6.07, 6.45) is 2.23. The van der Waals surface area contributed by atoms with Crippen molar-refractivity contribution in [3.05, 3.63) is 58.7 Å². The average molecular weight is 276 g/mol. The Kier molecular flexibility index (Phi) is 4.49. The molecule has 98 valence electrons. The number of carbonyl (C=O) groups is 1. The highest BCUT2D eigenvalue weighted by Gasteiger charge is 2.12. The fraction of sp³-hybridized carbons (Fsp3) is 0.143. The Balaban J connectivity index is 2.23. The van der Waals surface area contributed by atoms with Crippen LogP contribution < -0.4 is 11.1 Å². The van der Waals surface area contributed by atoms with Gasteiger partial charge in [-0.1, -0.05) is 29.8 Å². The van der Waals surface area contributed by atoms with E-state index in [2.05, 4.69) is 10.3 Å². The molecule has 0 atom stereocenters. The molecule has 1 aromatic carbocycles. The van der Waals surface area contributed by atoms with Crippen LogP contribution in [0.3, 0.4) is 0 Å². The number of hydrogen-bond acceptors (Lipinski definition) is 3. The van der Waals surface area contributed by atoms with Gasteiger partial charge >= 0.3 is 0 Å². The van der Waals surface area contributed by atoms with Crippen LogP contribution in [-0.2, 0) is 6.42 Å². The fourth-order valence-electron chi connectivity index (χ4n) is 1.77. The van der Waals surface area contributed by atoms with E-state index in [1.54, 1.807) is 24.4 Å². The molecule has 19 heavy (non-hydrogen) atoms. The number of nitrogens with two attached hydrogens (primary N) is 1. The molecule has 0 radical (unpaired) electrons. The van der Waals surface area contributed by atoms with Gasteiger partial charge in [0.25, 0.3) is 5.91 Å². The zero-order chi connectivity index (χ0) is 13.7. The summed E-state index contributed by atoms with van der Waals surface area (Å²) in [5.41, 5.74) is 7.05. The largest absolute Gasteiger partial charge is 0.330 e. The van der Waals surface area contributed by atoms with Crippen molar-refractivity contribution in [2.24, 2.45) is 5.73 Å². The lowest BCUT2D eigenvalue weighted by Crippen LogP contribution is -2.16. The van der Waals surface area contributed by atoms with Gasteiger partial charge in [-0.25, -0.2) is 4.98 Å². The summed E-state index contributed by atoms with van der Waals surface area (Å²) in [5.74, 6) is 0.126. The smallest absolute Gasteiger partial charge is 0.257 e. The number of nitrogens with one attached hydrogen (secondary N) is 1. The molecule has 1 amide bonds. The van der Waals surface area contributed by atoms with E-state index in [1.165, 1.54) is 0 Å². The number of halogens is 1. The summed E-state index contributed by atoms with van der Waals surface area (Å²) in [6, 6.07) is 10.7. The van der Waals surface area contributed by atoms with Gasteiger partial charge in [0.15, 0.2) is 5.82 Å². The summed E-state index contributed by atoms with van der Waals surface area (Å²) >= 11 is 5.96. The van der Waals surface area contributed by atoms with E-state index in [0.717, 1.165) is 5.56 Å². The molecule has 0 saturated heterocycles. The highest BCUT2D eigenvalue weighted by molar-refractivity contribution is 6.33. The summed E-state index contributed by atoms with van der Waals surface area (Å²) in [4.78, 5) is 16.2. The van der Waals surface area contributed by atoms with Gasteiger partial charge in [-0.05, 0) is 36.7 Å². The van der Waals surface area contributed by atoms with Crippen LogP contribution in [0, 0.1) is 0 Å². The number of benzene rings is 1. The lowest BCUT2D eigenvalue weighted by molar-refractivity contribution is 0.102. The number of aromatic nitrogens is 1. The first-order chi connectivity index (χ1) is 9.22. The first-order valence-electron chi connectivity index (χ1n) is 5.92. The Morgan fingerprint density at radius 1 is 1.26 bits per heavy atom. The molecule has 3 N–H and O–H groups in total. The van der Waals surface area contributed by atoms with Gasteiger partial charge in [0.05, 0.1) is 5.02 Å². The topological polar surface area (TPSA) is 68.0 Å². The van der Waals surface area contributed by atoms with Crippen LogP contribution >= 0.6 is 11.6 Å². The van der Waals surface area contributed by atoms with Crippen molar-refractivity contribution >= 4 is 23.3 Å². The molecule has 0 bridgehead atoms. The minimum atomic E-state index is -0.232. The molecule has 2 aromatic rings. The Bertz CT molecular complexity index is 586. The Morgan fingerprint density at radius 2 is 2.05 bits per heavy atom. The summed E-state index contributed by atoms with van der Waals surface area (Å²) < 4.78 is 0. The lowest BCUT2D eigenvalue weighted by atomic mass is 10.0. The number of nitrogens with zero attached hydrogens (tertiary/aromatic N) is 1. The zero-order valence-electron chi connectivity index (χ0n) is 10.3. The molecule has 1 heterocycles. The molecule has 0 aliphatic heterocycles. The third-order valence-corrected chi connectivity index (χ3v) is 2.97. The molecular weight excluding hydrogens is 262 g/mol. The van der Waals surface area contributed by atoms with Gasteiger partial charge in [-0.15, -0.1) is 0 Å². The second-order valence-electron chi connectivity index (χ2n) is 3.98. The van der Waals surface area contributed by atoms with Gasteiger partial charge in [0.2, 0.25) is 0 Å². The number of hydrogen-bond donors (Lipinski definition) is 2. The predicted octanol–water partition coefficient (Wildman–Crippen LogP) is 2.49. The van der Waals surface area contributed by atoms with Crippen LogP contribution in [0.2, 0.25) is 5.02 Å². The highest BCUT2D eigenvalue weighted by atomic mass is 35.5. The van der Waals surface area contributed by atoms with Gasteiger partial charge < -0.3 is 11.1 Å². The average Bonchev–Trinajstić information content (AvgIpc) is 2.42. The molecule has 4 nitrogen and oxygen atoms in total. The van der Waals surface area contributed by atoms with Crippen LogP contribution in [0.5, 0.6) is 0 Å². The zero-order valence-corrected chi connectivity index (χ0v) is 11.0. The maximum absolute atomic E-state index is 12.2. The van der Waals surface area contributed by atoms with Crippen LogP contribution in [-0.4, -0.2) is 17.4 Å². The van der Waals surface area contributed by atoms with Crippen LogP contribution in [0.15, 0.2) is 42.6 Å². The maximum Gasteiger partial charge on any atom is 0.257 e. The standard InChI is InChI=1S/C14H14ClN3O/c15-12-6-3-9-17-13(12)18-14(19)11-5-2-1-4-10(11)7-8-16/h1-6,9H,7-8,16H2,(H,17,18,19). The van der Waals surface area contributed by atoms with E-state index in [0.29, 0.717) is 29.4 Å². The SMILES string of the molecule is NCCc1ccccc1C(=O)Nc1ncccc1Cl. The van der Waals surface area contributed by atoms with E-state index in [9.17, 15) is 4.79 Å². The minimum Gasteiger partial charge on any atom is -0.330 e. The second-order valence-corrected chi connectivity index (χ2v) is 4.39. The molecule has 0 aliphatic carbocycles. The van der Waals surface area contributed by atoms with Crippen LogP contribution in [0.4, 0.5) is 5.82 Å². The van der Waals surface area contributed by atoms with Crippen molar-refractivity contribution in [2.75, 3.05) is 11.9 Å². The highest BCUT2D eigenvalue weighted by Crippen LogP contribution is 2.19. The number of rotatable bonds is 4. The Hall–Kier alpha value is -1.91. The molecule has 2 rings (SSSR count). The van der Waals surface area contributed by atoms with E-state index < -0.39 is 0 Å². The maximum atomic E-state index is 12.2. The van der Waals surface area contributed by atoms with E-state index >= 15 is 0 Å². The number of pyridine rings is 1. The fourth-order valence-corrected chi connectivity index (χ4v) is 1.94. The summed E-state index contributed by atoms with van der Waals surface area (Å²) in [7, 11) is 0. The number of amides is 1. The molecule has 0 spiro atoms. The second kappa shape index (κ2) is 6.31. The van der Waals surface area contributed by atoms with Crippen LogP contribution in [0.25, 0.3) is 0 Å². The molecule has 0 aliphatic rings. The Labute approximate surface area is 116 Å². The lowest BCUT2D eigenvalue weighted by Gasteiger charge is -2.09. The summed E-state index contributed by atoms with van der Waals surface area (Å²) in [6.45, 7) is 0.495. The predicted molar refractivity (Wildman–Crippen MR) is 76.4 cm³/mol. The molecule has 0 unspecified atom stereocenters. The van der Waals surface area contributed by atoms with Crippen molar-refractivity contribution in [1.29, 1.82) is 0 Å². The van der Waals surface area contributed by atoms with Crippen molar-refractivity contribution < 1.29 is 4.79 Å². The molecule has 5 heteroatoms. The van der Waals surface area contributed by atoms with Crippen molar-refractivity contribution in [3.63, 3.8) is 0 Å². The van der Waals surface area contributed by atoms with Gasteiger partial charge in [0, 0.05) is 11.8 Å².